The molecule has 1 heterocycles. The van der Waals surface area contributed by atoms with Crippen LogP contribution >= 0.6 is 0 Å². The van der Waals surface area contributed by atoms with Crippen molar-refractivity contribution in [3.8, 4) is 17.2 Å². The van der Waals surface area contributed by atoms with E-state index < -0.39 is 5.95 Å². The number of hydrogen-bond donors (Lipinski definition) is 0. The third-order valence-corrected chi connectivity index (χ3v) is 2.90. The molecule has 0 fully saturated rings. The van der Waals surface area contributed by atoms with E-state index in [1.54, 1.807) is 4.68 Å². The van der Waals surface area contributed by atoms with E-state index in [1.807, 2.05) is 60.7 Å². The second-order valence-electron chi connectivity index (χ2n) is 4.22. The lowest BCUT2D eigenvalue weighted by atomic mass is 10.1. The van der Waals surface area contributed by atoms with E-state index in [-0.39, 0.29) is 0 Å². The normalized spacial score (nSPS) is 10.5. The molecule has 3 rings (SSSR count). The molecule has 0 amide bonds. The Morgan fingerprint density at radius 1 is 0.947 bits per heavy atom. The van der Waals surface area contributed by atoms with Crippen LogP contribution in [0, 0.1) is 0 Å². The fourth-order valence-electron chi connectivity index (χ4n) is 2.00. The summed E-state index contributed by atoms with van der Waals surface area (Å²) in [5.74, 6) is -0.415. The van der Waals surface area contributed by atoms with Gasteiger partial charge < -0.3 is 9.63 Å². The summed E-state index contributed by atoms with van der Waals surface area (Å²) in [5, 5.41) is 15.6. The Morgan fingerprint density at radius 3 is 2.26 bits per heavy atom. The molecular weight excluding hydrogens is 240 g/mol. The first-order valence-electron chi connectivity index (χ1n) is 6.01. The minimum absolute atomic E-state index is 0.415. The maximum Gasteiger partial charge on any atom is 0.264 e. The van der Waals surface area contributed by atoms with E-state index in [4.69, 9.17) is 4.52 Å². The predicted octanol–water partition coefficient (Wildman–Crippen LogP) is 1.75. The number of rotatable bonds is 3. The molecule has 0 radical (unpaired) electrons. The molecular formula is C15H12N2O2. The largest absolute Gasteiger partial charge is 0.539 e. The highest BCUT2D eigenvalue weighted by molar-refractivity contribution is 5.59. The summed E-state index contributed by atoms with van der Waals surface area (Å²) < 4.78 is 6.37. The smallest absolute Gasteiger partial charge is 0.264 e. The Bertz CT molecular complexity index is 663. The van der Waals surface area contributed by atoms with Gasteiger partial charge in [0.05, 0.1) is 10.8 Å². The van der Waals surface area contributed by atoms with Crippen LogP contribution in [0.5, 0.6) is 5.95 Å². The van der Waals surface area contributed by atoms with E-state index >= 15 is 0 Å². The lowest BCUT2D eigenvalue weighted by molar-refractivity contribution is -0.745. The standard InChI is InChI=1S/C15H12N2O2/c18-15-14(13-9-5-2-6-10-13)17(16-19-15)11-12-7-3-1-4-8-12/h1-10H,11H2. The highest BCUT2D eigenvalue weighted by atomic mass is 16.6. The molecule has 3 aromatic rings. The zero-order valence-corrected chi connectivity index (χ0v) is 10.2. The van der Waals surface area contributed by atoms with Crippen LogP contribution in [0.1, 0.15) is 5.56 Å². The van der Waals surface area contributed by atoms with E-state index in [0.29, 0.717) is 12.2 Å². The summed E-state index contributed by atoms with van der Waals surface area (Å²) >= 11 is 0. The van der Waals surface area contributed by atoms with Gasteiger partial charge in [-0.25, -0.2) is 0 Å². The zero-order chi connectivity index (χ0) is 13.1. The molecule has 0 bridgehead atoms. The number of aromatic nitrogens is 2. The molecule has 0 atom stereocenters. The van der Waals surface area contributed by atoms with Crippen molar-refractivity contribution >= 4 is 0 Å². The fraction of sp³-hybridized carbons (Fsp3) is 0.0667. The first kappa shape index (κ1) is 11.5. The maximum atomic E-state index is 11.8. The van der Waals surface area contributed by atoms with Crippen LogP contribution in [-0.4, -0.2) is 5.27 Å². The van der Waals surface area contributed by atoms with E-state index in [2.05, 4.69) is 5.27 Å². The van der Waals surface area contributed by atoms with Gasteiger partial charge in [-0.05, 0) is 12.1 Å². The quantitative estimate of drug-likeness (QED) is 0.667. The molecule has 4 nitrogen and oxygen atoms in total. The van der Waals surface area contributed by atoms with Gasteiger partial charge in [0.25, 0.3) is 5.69 Å². The van der Waals surface area contributed by atoms with Crippen molar-refractivity contribution in [3.05, 3.63) is 66.2 Å². The Balaban J connectivity index is 2.00. The number of hydrogen-bond acceptors (Lipinski definition) is 3. The first-order valence-corrected chi connectivity index (χ1v) is 6.01. The highest BCUT2D eigenvalue weighted by Gasteiger charge is 2.19. The van der Waals surface area contributed by atoms with Crippen molar-refractivity contribution in [2.75, 3.05) is 0 Å². The van der Waals surface area contributed by atoms with Crippen LogP contribution in [-0.2, 0) is 6.54 Å². The minimum atomic E-state index is -0.415. The van der Waals surface area contributed by atoms with E-state index in [1.165, 1.54) is 0 Å². The summed E-state index contributed by atoms with van der Waals surface area (Å²) in [6, 6.07) is 19.2. The van der Waals surface area contributed by atoms with Gasteiger partial charge in [0.1, 0.15) is 0 Å². The molecule has 19 heavy (non-hydrogen) atoms. The van der Waals surface area contributed by atoms with Gasteiger partial charge >= 0.3 is 0 Å². The highest BCUT2D eigenvalue weighted by Crippen LogP contribution is 2.22. The van der Waals surface area contributed by atoms with Gasteiger partial charge in [0.2, 0.25) is 6.54 Å². The van der Waals surface area contributed by atoms with Gasteiger partial charge in [-0.15, -0.1) is 0 Å². The van der Waals surface area contributed by atoms with Gasteiger partial charge in [0.15, 0.2) is 5.95 Å². The Kier molecular flexibility index (Phi) is 2.98. The van der Waals surface area contributed by atoms with Crippen LogP contribution in [0.15, 0.2) is 65.2 Å². The molecule has 0 aliphatic carbocycles. The molecule has 0 aliphatic rings. The topological polar surface area (TPSA) is 53.0 Å². The molecule has 94 valence electrons. The van der Waals surface area contributed by atoms with Crippen LogP contribution in [0.3, 0.4) is 0 Å². The minimum Gasteiger partial charge on any atom is -0.539 e. The molecule has 0 unspecified atom stereocenters. The lowest BCUT2D eigenvalue weighted by Gasteiger charge is -1.99. The van der Waals surface area contributed by atoms with Crippen LogP contribution in [0.4, 0.5) is 0 Å². The van der Waals surface area contributed by atoms with E-state index in [9.17, 15) is 5.11 Å². The third kappa shape index (κ3) is 2.33. The second kappa shape index (κ2) is 4.94. The molecule has 0 N–H and O–H groups in total. The fourth-order valence-corrected chi connectivity index (χ4v) is 2.00. The monoisotopic (exact) mass is 252 g/mol. The molecule has 0 saturated heterocycles. The molecule has 0 spiro atoms. The third-order valence-electron chi connectivity index (χ3n) is 2.90. The van der Waals surface area contributed by atoms with Crippen molar-refractivity contribution < 1.29 is 14.3 Å². The van der Waals surface area contributed by atoms with Crippen LogP contribution in [0.2, 0.25) is 0 Å². The summed E-state index contributed by atoms with van der Waals surface area (Å²) in [6.45, 7) is 0.511. The number of benzene rings is 2. The van der Waals surface area contributed by atoms with Gasteiger partial charge in [-0.2, -0.15) is 0 Å². The van der Waals surface area contributed by atoms with Gasteiger partial charge in [-0.3, -0.25) is 0 Å². The summed E-state index contributed by atoms with van der Waals surface area (Å²) in [4.78, 5) is 0. The Morgan fingerprint density at radius 2 is 1.58 bits per heavy atom. The summed E-state index contributed by atoms with van der Waals surface area (Å²) in [7, 11) is 0. The molecule has 0 aliphatic heterocycles. The average molecular weight is 252 g/mol. The van der Waals surface area contributed by atoms with Crippen molar-refractivity contribution in [1.82, 2.24) is 5.27 Å². The SMILES string of the molecule is [O-]c1on[n+](Cc2ccccc2)c1-c1ccccc1. The molecule has 4 heteroatoms. The zero-order valence-electron chi connectivity index (χ0n) is 10.2. The van der Waals surface area contributed by atoms with E-state index in [0.717, 1.165) is 11.1 Å². The van der Waals surface area contributed by atoms with Crippen molar-refractivity contribution in [2.45, 2.75) is 6.54 Å². The maximum absolute atomic E-state index is 11.8. The van der Waals surface area contributed by atoms with Crippen LogP contribution in [0.25, 0.3) is 11.3 Å². The van der Waals surface area contributed by atoms with Crippen molar-refractivity contribution in [1.29, 1.82) is 0 Å². The van der Waals surface area contributed by atoms with Gasteiger partial charge in [0, 0.05) is 5.56 Å². The summed E-state index contributed by atoms with van der Waals surface area (Å²) in [5.41, 5.74) is 2.35. The lowest BCUT2D eigenvalue weighted by Crippen LogP contribution is -2.38. The second-order valence-corrected chi connectivity index (χ2v) is 4.22. The molecule has 1 aromatic heterocycles. The average Bonchev–Trinajstić information content (AvgIpc) is 2.82. The van der Waals surface area contributed by atoms with Gasteiger partial charge in [-0.1, -0.05) is 53.2 Å². The van der Waals surface area contributed by atoms with Crippen molar-refractivity contribution in [3.63, 3.8) is 0 Å². The van der Waals surface area contributed by atoms with Crippen molar-refractivity contribution in [2.24, 2.45) is 0 Å². The molecule has 0 saturated carbocycles. The first-order chi connectivity index (χ1) is 9.34. The predicted molar refractivity (Wildman–Crippen MR) is 67.1 cm³/mol. The Hall–Kier alpha value is -2.62. The van der Waals surface area contributed by atoms with Crippen LogP contribution < -0.4 is 9.79 Å². The number of nitrogens with zero attached hydrogens (tertiary/aromatic N) is 2. The Labute approximate surface area is 110 Å². The molecule has 2 aromatic carbocycles. The summed E-state index contributed by atoms with van der Waals surface area (Å²) in [6.07, 6.45) is 0.